The van der Waals surface area contributed by atoms with E-state index < -0.39 is 17.0 Å². The van der Waals surface area contributed by atoms with Crippen LogP contribution in [-0.4, -0.2) is 47.2 Å². The number of hydrogen-bond acceptors (Lipinski definition) is 5. The number of rotatable bonds is 6. The van der Waals surface area contributed by atoms with Gasteiger partial charge in [-0.3, -0.25) is 14.4 Å². The molecular formula is C28H40N2O5. The molecule has 192 valence electrons. The van der Waals surface area contributed by atoms with E-state index >= 15 is 0 Å². The smallest absolute Gasteiger partial charge is 0.309 e. The molecular weight excluding hydrogens is 444 g/mol. The number of nitrogens with one attached hydrogen (secondary N) is 2. The van der Waals surface area contributed by atoms with E-state index in [1.54, 1.807) is 0 Å². The summed E-state index contributed by atoms with van der Waals surface area (Å²) in [4.78, 5) is 38.8. The monoisotopic (exact) mass is 484 g/mol. The number of carbonyl (C=O) groups excluding carboxylic acids is 3. The van der Waals surface area contributed by atoms with Crippen LogP contribution in [0.15, 0.2) is 42.5 Å². The van der Waals surface area contributed by atoms with E-state index in [1.807, 2.05) is 56.3 Å². The number of aliphatic hydroxyl groups is 1. The summed E-state index contributed by atoms with van der Waals surface area (Å²) >= 11 is 0. The minimum absolute atomic E-state index is 0.0461. The van der Waals surface area contributed by atoms with Crippen LogP contribution in [0.25, 0.3) is 0 Å². The molecule has 3 rings (SSSR count). The number of benzene rings is 1. The van der Waals surface area contributed by atoms with Crippen molar-refractivity contribution in [1.82, 2.24) is 10.6 Å². The normalized spacial score (nSPS) is 24.9. The fourth-order valence-electron chi connectivity index (χ4n) is 4.95. The molecule has 2 amide bonds. The molecule has 0 spiro atoms. The average molecular weight is 485 g/mol. The molecule has 1 aliphatic heterocycles. The van der Waals surface area contributed by atoms with Crippen LogP contribution in [-0.2, 0) is 25.5 Å². The fraction of sp³-hybridized carbons (Fsp3) is 0.607. The number of cyclic esters (lactones) is 1. The van der Waals surface area contributed by atoms with Gasteiger partial charge in [-0.15, -0.1) is 0 Å². The standard InChI is InChI=1S/C28H40N2O5/c1-27(2)20-35-26(34)23(17-21-11-5-3-6-12-21)14-8-4-7-13-22(25(33)30-27)18-24(32)29-28(19-31)15-9-10-16-28/h3-7,11-12,22-23,31H,8-10,13-20H2,1-2H3,(H,29,32)(H,30,33). The summed E-state index contributed by atoms with van der Waals surface area (Å²) in [6.45, 7) is 3.60. The number of carbonyl (C=O) groups is 3. The molecule has 1 aromatic rings. The molecule has 1 heterocycles. The van der Waals surface area contributed by atoms with Gasteiger partial charge < -0.3 is 20.5 Å². The number of aliphatic hydroxyl groups excluding tert-OH is 1. The van der Waals surface area contributed by atoms with Crippen molar-refractivity contribution in [2.75, 3.05) is 13.2 Å². The first-order valence-electron chi connectivity index (χ1n) is 12.8. The molecule has 7 heteroatoms. The topological polar surface area (TPSA) is 105 Å². The van der Waals surface area contributed by atoms with E-state index in [1.165, 1.54) is 0 Å². The van der Waals surface area contributed by atoms with Crippen LogP contribution in [0.2, 0.25) is 0 Å². The van der Waals surface area contributed by atoms with Crippen LogP contribution in [0.3, 0.4) is 0 Å². The van der Waals surface area contributed by atoms with Gasteiger partial charge in [0, 0.05) is 6.42 Å². The van der Waals surface area contributed by atoms with Gasteiger partial charge in [-0.2, -0.15) is 0 Å². The molecule has 2 aliphatic rings. The molecule has 2 atom stereocenters. The summed E-state index contributed by atoms with van der Waals surface area (Å²) in [6, 6.07) is 9.90. The number of amides is 2. The van der Waals surface area contributed by atoms with Crippen molar-refractivity contribution >= 4 is 17.8 Å². The van der Waals surface area contributed by atoms with Crippen LogP contribution < -0.4 is 10.6 Å². The van der Waals surface area contributed by atoms with E-state index in [4.69, 9.17) is 4.74 Å². The fourth-order valence-corrected chi connectivity index (χ4v) is 4.95. The molecule has 1 fully saturated rings. The second-order valence-corrected chi connectivity index (χ2v) is 10.7. The zero-order valence-electron chi connectivity index (χ0n) is 21.1. The first kappa shape index (κ1) is 26.9. The predicted molar refractivity (Wildman–Crippen MR) is 134 cm³/mol. The molecule has 1 aromatic carbocycles. The van der Waals surface area contributed by atoms with Crippen molar-refractivity contribution in [2.45, 2.75) is 82.7 Å². The summed E-state index contributed by atoms with van der Waals surface area (Å²) in [6.07, 6.45) is 9.81. The Balaban J connectivity index is 1.68. The van der Waals surface area contributed by atoms with Crippen LogP contribution >= 0.6 is 0 Å². The van der Waals surface area contributed by atoms with Crippen molar-refractivity contribution in [3.05, 3.63) is 48.0 Å². The van der Waals surface area contributed by atoms with E-state index in [-0.39, 0.29) is 43.3 Å². The van der Waals surface area contributed by atoms with E-state index in [2.05, 4.69) is 10.6 Å². The highest BCUT2D eigenvalue weighted by molar-refractivity contribution is 5.86. The van der Waals surface area contributed by atoms with E-state index in [9.17, 15) is 19.5 Å². The molecule has 3 N–H and O–H groups in total. The third kappa shape index (κ3) is 8.20. The highest BCUT2D eigenvalue weighted by Gasteiger charge is 2.36. The van der Waals surface area contributed by atoms with Crippen LogP contribution in [0.5, 0.6) is 0 Å². The lowest BCUT2D eigenvalue weighted by Crippen LogP contribution is -2.52. The SMILES string of the molecule is CC1(C)COC(=O)C(Cc2ccccc2)CCC=CCC(CC(=O)NC2(CO)CCCC2)C(=O)N1. The summed E-state index contributed by atoms with van der Waals surface area (Å²) < 4.78 is 5.65. The Morgan fingerprint density at radius 1 is 1.11 bits per heavy atom. The molecule has 35 heavy (non-hydrogen) atoms. The van der Waals surface area contributed by atoms with Crippen molar-refractivity contribution < 1.29 is 24.2 Å². The van der Waals surface area contributed by atoms with Crippen molar-refractivity contribution in [3.63, 3.8) is 0 Å². The van der Waals surface area contributed by atoms with Crippen molar-refractivity contribution in [2.24, 2.45) is 11.8 Å². The molecule has 0 radical (unpaired) electrons. The van der Waals surface area contributed by atoms with Gasteiger partial charge >= 0.3 is 5.97 Å². The maximum Gasteiger partial charge on any atom is 0.309 e. The Morgan fingerprint density at radius 3 is 2.51 bits per heavy atom. The maximum absolute atomic E-state index is 13.1. The molecule has 0 saturated heterocycles. The van der Waals surface area contributed by atoms with Crippen molar-refractivity contribution in [1.29, 1.82) is 0 Å². The third-order valence-electron chi connectivity index (χ3n) is 7.03. The second kappa shape index (κ2) is 12.3. The van der Waals surface area contributed by atoms with Crippen molar-refractivity contribution in [3.8, 4) is 0 Å². The average Bonchev–Trinajstić information content (AvgIpc) is 3.29. The number of allylic oxidation sites excluding steroid dienone is 2. The van der Waals surface area contributed by atoms with Crippen LogP contribution in [0.1, 0.15) is 70.8 Å². The number of ether oxygens (including phenoxy) is 1. The summed E-state index contributed by atoms with van der Waals surface area (Å²) in [5.41, 5.74) is -0.244. The number of hydrogen-bond donors (Lipinski definition) is 3. The molecule has 1 saturated carbocycles. The lowest BCUT2D eigenvalue weighted by molar-refractivity contribution is -0.151. The Morgan fingerprint density at radius 2 is 1.83 bits per heavy atom. The third-order valence-corrected chi connectivity index (χ3v) is 7.03. The first-order valence-corrected chi connectivity index (χ1v) is 12.8. The van der Waals surface area contributed by atoms with Gasteiger partial charge in [0.1, 0.15) is 6.61 Å². The summed E-state index contributed by atoms with van der Waals surface area (Å²) in [5.74, 6) is -1.52. The van der Waals surface area contributed by atoms with Gasteiger partial charge in [-0.25, -0.2) is 0 Å². The largest absolute Gasteiger partial charge is 0.463 e. The van der Waals surface area contributed by atoms with Gasteiger partial charge in [0.25, 0.3) is 0 Å². The molecule has 7 nitrogen and oxygen atoms in total. The molecule has 1 aliphatic carbocycles. The minimum Gasteiger partial charge on any atom is -0.463 e. The van der Waals surface area contributed by atoms with Gasteiger partial charge in [0.15, 0.2) is 0 Å². The number of esters is 1. The van der Waals surface area contributed by atoms with Crippen LogP contribution in [0, 0.1) is 11.8 Å². The van der Waals surface area contributed by atoms with E-state index in [0.717, 1.165) is 31.2 Å². The zero-order valence-corrected chi connectivity index (χ0v) is 21.1. The lowest BCUT2D eigenvalue weighted by atomic mass is 9.93. The highest BCUT2D eigenvalue weighted by Crippen LogP contribution is 2.29. The minimum atomic E-state index is -0.770. The predicted octanol–water partition coefficient (Wildman–Crippen LogP) is 3.45. The Kier molecular flexibility index (Phi) is 9.49. The molecule has 0 aromatic heterocycles. The van der Waals surface area contributed by atoms with Gasteiger partial charge in [0.2, 0.25) is 11.8 Å². The molecule has 2 unspecified atom stereocenters. The van der Waals surface area contributed by atoms with Crippen LogP contribution in [0.4, 0.5) is 0 Å². The summed E-state index contributed by atoms with van der Waals surface area (Å²) in [7, 11) is 0. The van der Waals surface area contributed by atoms with E-state index in [0.29, 0.717) is 25.7 Å². The second-order valence-electron chi connectivity index (χ2n) is 10.7. The lowest BCUT2D eigenvalue weighted by Gasteiger charge is -2.30. The summed E-state index contributed by atoms with van der Waals surface area (Å²) in [5, 5.41) is 15.8. The Bertz CT molecular complexity index is 890. The van der Waals surface area contributed by atoms with Gasteiger partial charge in [0.05, 0.1) is 29.5 Å². The zero-order chi connectivity index (χ0) is 25.3. The maximum atomic E-state index is 13.1. The first-order chi connectivity index (χ1) is 16.7. The Hall–Kier alpha value is -2.67. The highest BCUT2D eigenvalue weighted by atomic mass is 16.5. The quantitative estimate of drug-likeness (QED) is 0.424. The van der Waals surface area contributed by atoms with Gasteiger partial charge in [-0.1, -0.05) is 55.3 Å². The molecule has 0 bridgehead atoms. The van der Waals surface area contributed by atoms with Gasteiger partial charge in [-0.05, 0) is 57.9 Å². The Labute approximate surface area is 208 Å².